The van der Waals surface area contributed by atoms with Crippen LogP contribution in [0.4, 0.5) is 0 Å². The van der Waals surface area contributed by atoms with Crippen LogP contribution in [-0.4, -0.2) is 46.2 Å². The number of ether oxygens (including phenoxy) is 1. The molecule has 1 aromatic heterocycles. The van der Waals surface area contributed by atoms with Crippen molar-refractivity contribution in [1.29, 1.82) is 0 Å². The SMILES string of the molecule is CC(C)c1nccn1[C@H]1CCCN(C(=O)C[C@@H]2CCCO2)C1. The number of rotatable bonds is 4. The first-order valence-corrected chi connectivity index (χ1v) is 8.57. The van der Waals surface area contributed by atoms with E-state index in [1.807, 2.05) is 11.1 Å². The Balaban J connectivity index is 1.63. The second-order valence-electron chi connectivity index (χ2n) is 6.82. The van der Waals surface area contributed by atoms with Crippen molar-refractivity contribution in [2.75, 3.05) is 19.7 Å². The molecule has 3 rings (SSSR count). The lowest BCUT2D eigenvalue weighted by atomic mass is 10.0. The fraction of sp³-hybridized carbons (Fsp3) is 0.765. The van der Waals surface area contributed by atoms with Crippen molar-refractivity contribution in [2.24, 2.45) is 0 Å². The minimum atomic E-state index is 0.146. The van der Waals surface area contributed by atoms with Crippen molar-refractivity contribution in [1.82, 2.24) is 14.5 Å². The minimum Gasteiger partial charge on any atom is -0.378 e. The standard InChI is InChI=1S/C17H27N3O2/c1-13(2)17-18-7-9-20(17)14-5-3-8-19(12-14)16(21)11-15-6-4-10-22-15/h7,9,13-15H,3-6,8,10-12H2,1-2H3/t14-,15-/m0/s1. The van der Waals surface area contributed by atoms with E-state index in [0.717, 1.165) is 51.2 Å². The number of hydrogen-bond donors (Lipinski definition) is 0. The molecule has 22 heavy (non-hydrogen) atoms. The molecule has 2 aliphatic rings. The van der Waals surface area contributed by atoms with Gasteiger partial charge >= 0.3 is 0 Å². The number of amides is 1. The molecule has 0 radical (unpaired) electrons. The molecule has 0 unspecified atom stereocenters. The third-order valence-electron chi connectivity index (χ3n) is 4.78. The molecule has 0 spiro atoms. The van der Waals surface area contributed by atoms with Crippen LogP contribution < -0.4 is 0 Å². The number of imidazole rings is 1. The van der Waals surface area contributed by atoms with Crippen LogP contribution in [0.1, 0.15) is 63.7 Å². The first-order chi connectivity index (χ1) is 10.6. The van der Waals surface area contributed by atoms with Gasteiger partial charge in [0, 0.05) is 38.0 Å². The van der Waals surface area contributed by atoms with Crippen LogP contribution in [0.25, 0.3) is 0 Å². The van der Waals surface area contributed by atoms with Gasteiger partial charge in [-0.25, -0.2) is 4.98 Å². The van der Waals surface area contributed by atoms with Crippen molar-refractivity contribution in [3.63, 3.8) is 0 Å². The van der Waals surface area contributed by atoms with Crippen molar-refractivity contribution in [2.45, 2.75) is 64.0 Å². The second-order valence-corrected chi connectivity index (χ2v) is 6.82. The van der Waals surface area contributed by atoms with Crippen molar-refractivity contribution < 1.29 is 9.53 Å². The van der Waals surface area contributed by atoms with Crippen molar-refractivity contribution >= 4 is 5.91 Å². The summed E-state index contributed by atoms with van der Waals surface area (Å²) in [6, 6.07) is 0.363. The van der Waals surface area contributed by atoms with E-state index in [1.54, 1.807) is 0 Å². The zero-order valence-electron chi connectivity index (χ0n) is 13.7. The third-order valence-corrected chi connectivity index (χ3v) is 4.78. The number of piperidine rings is 1. The predicted octanol–water partition coefficient (Wildman–Crippen LogP) is 2.74. The molecule has 1 aromatic rings. The molecule has 2 saturated heterocycles. The summed E-state index contributed by atoms with van der Waals surface area (Å²) >= 11 is 0. The Kier molecular flexibility index (Phi) is 4.81. The van der Waals surface area contributed by atoms with Crippen LogP contribution in [0.2, 0.25) is 0 Å². The molecule has 0 bridgehead atoms. The number of nitrogens with zero attached hydrogens (tertiary/aromatic N) is 3. The first kappa shape index (κ1) is 15.5. The largest absolute Gasteiger partial charge is 0.378 e. The molecule has 2 atom stereocenters. The molecule has 2 fully saturated rings. The molecule has 0 N–H and O–H groups in total. The van der Waals surface area contributed by atoms with Gasteiger partial charge in [0.15, 0.2) is 0 Å². The normalized spacial score (nSPS) is 25.9. The molecule has 5 nitrogen and oxygen atoms in total. The molecular weight excluding hydrogens is 278 g/mol. The smallest absolute Gasteiger partial charge is 0.225 e. The van der Waals surface area contributed by atoms with Crippen LogP contribution in [0.3, 0.4) is 0 Å². The van der Waals surface area contributed by atoms with Gasteiger partial charge < -0.3 is 14.2 Å². The van der Waals surface area contributed by atoms with Crippen LogP contribution in [-0.2, 0) is 9.53 Å². The van der Waals surface area contributed by atoms with E-state index in [-0.39, 0.29) is 12.0 Å². The quantitative estimate of drug-likeness (QED) is 0.859. The van der Waals surface area contributed by atoms with Gasteiger partial charge in [0.05, 0.1) is 18.6 Å². The Morgan fingerprint density at radius 2 is 2.27 bits per heavy atom. The maximum Gasteiger partial charge on any atom is 0.225 e. The topological polar surface area (TPSA) is 47.4 Å². The summed E-state index contributed by atoms with van der Waals surface area (Å²) in [4.78, 5) is 19.0. The zero-order valence-corrected chi connectivity index (χ0v) is 13.7. The Morgan fingerprint density at radius 3 is 3.00 bits per heavy atom. The maximum absolute atomic E-state index is 12.5. The average Bonchev–Trinajstić information content (AvgIpc) is 3.18. The summed E-state index contributed by atoms with van der Waals surface area (Å²) in [6.45, 7) is 6.84. The van der Waals surface area contributed by atoms with E-state index in [1.165, 1.54) is 0 Å². The molecule has 3 heterocycles. The molecule has 2 aliphatic heterocycles. The van der Waals surface area contributed by atoms with Gasteiger partial charge in [-0.3, -0.25) is 4.79 Å². The molecule has 0 aliphatic carbocycles. The highest BCUT2D eigenvalue weighted by molar-refractivity contribution is 5.76. The summed E-state index contributed by atoms with van der Waals surface area (Å²) in [6.07, 6.45) is 8.95. The van der Waals surface area contributed by atoms with Gasteiger partial charge in [0.2, 0.25) is 5.91 Å². The van der Waals surface area contributed by atoms with Crippen LogP contribution in [0.15, 0.2) is 12.4 Å². The minimum absolute atomic E-state index is 0.146. The lowest BCUT2D eigenvalue weighted by molar-refractivity contribution is -0.135. The summed E-state index contributed by atoms with van der Waals surface area (Å²) in [5.74, 6) is 1.79. The van der Waals surface area contributed by atoms with Gasteiger partial charge in [-0.1, -0.05) is 13.8 Å². The average molecular weight is 305 g/mol. The van der Waals surface area contributed by atoms with E-state index >= 15 is 0 Å². The summed E-state index contributed by atoms with van der Waals surface area (Å²) < 4.78 is 7.88. The molecule has 0 saturated carbocycles. The van der Waals surface area contributed by atoms with E-state index in [0.29, 0.717) is 18.4 Å². The zero-order chi connectivity index (χ0) is 15.5. The van der Waals surface area contributed by atoms with Crippen LogP contribution >= 0.6 is 0 Å². The second kappa shape index (κ2) is 6.82. The highest BCUT2D eigenvalue weighted by atomic mass is 16.5. The lowest BCUT2D eigenvalue weighted by Gasteiger charge is -2.35. The van der Waals surface area contributed by atoms with E-state index in [2.05, 4.69) is 29.6 Å². The van der Waals surface area contributed by atoms with Gasteiger partial charge in [0.1, 0.15) is 5.82 Å². The molecule has 1 amide bonds. The number of carbonyl (C=O) groups is 1. The Bertz CT molecular complexity index is 506. The van der Waals surface area contributed by atoms with Crippen molar-refractivity contribution in [3.8, 4) is 0 Å². The number of likely N-dealkylation sites (tertiary alicyclic amines) is 1. The Morgan fingerprint density at radius 1 is 1.41 bits per heavy atom. The maximum atomic E-state index is 12.5. The fourth-order valence-electron chi connectivity index (χ4n) is 3.62. The molecule has 122 valence electrons. The Labute approximate surface area is 132 Å². The van der Waals surface area contributed by atoms with Gasteiger partial charge in [-0.15, -0.1) is 0 Å². The highest BCUT2D eigenvalue weighted by Crippen LogP contribution is 2.26. The fourth-order valence-corrected chi connectivity index (χ4v) is 3.62. The molecular formula is C17H27N3O2. The van der Waals surface area contributed by atoms with Gasteiger partial charge in [-0.2, -0.15) is 0 Å². The number of hydrogen-bond acceptors (Lipinski definition) is 3. The number of carbonyl (C=O) groups excluding carboxylic acids is 1. The van der Waals surface area contributed by atoms with Crippen LogP contribution in [0.5, 0.6) is 0 Å². The van der Waals surface area contributed by atoms with E-state index in [9.17, 15) is 4.79 Å². The molecule has 5 heteroatoms. The van der Waals surface area contributed by atoms with Gasteiger partial charge in [0.25, 0.3) is 0 Å². The number of aromatic nitrogens is 2. The van der Waals surface area contributed by atoms with Crippen LogP contribution in [0, 0.1) is 0 Å². The third kappa shape index (κ3) is 3.35. The highest BCUT2D eigenvalue weighted by Gasteiger charge is 2.28. The van der Waals surface area contributed by atoms with Gasteiger partial charge in [-0.05, 0) is 25.7 Å². The predicted molar refractivity (Wildman–Crippen MR) is 84.8 cm³/mol. The Hall–Kier alpha value is -1.36. The van der Waals surface area contributed by atoms with Crippen molar-refractivity contribution in [3.05, 3.63) is 18.2 Å². The summed E-state index contributed by atoms with van der Waals surface area (Å²) in [5.41, 5.74) is 0. The van der Waals surface area contributed by atoms with E-state index in [4.69, 9.17) is 4.74 Å². The monoisotopic (exact) mass is 305 g/mol. The molecule has 0 aromatic carbocycles. The first-order valence-electron chi connectivity index (χ1n) is 8.57. The summed E-state index contributed by atoms with van der Waals surface area (Å²) in [5, 5.41) is 0. The lowest BCUT2D eigenvalue weighted by Crippen LogP contribution is -2.42. The van der Waals surface area contributed by atoms with E-state index < -0.39 is 0 Å². The summed E-state index contributed by atoms with van der Waals surface area (Å²) in [7, 11) is 0.